The number of benzene rings is 1. The number of aryl methyl sites for hydroxylation is 1. The Kier molecular flexibility index (Phi) is 5.43. The molecule has 1 aromatic heterocycles. The number of aliphatic hydroxyl groups excluding tert-OH is 1. The molecule has 0 saturated heterocycles. The molecule has 0 saturated carbocycles. The molecule has 2 aromatic rings. The highest BCUT2D eigenvalue weighted by Crippen LogP contribution is 2.25. The highest BCUT2D eigenvalue weighted by atomic mass is 35.5. The van der Waals surface area contributed by atoms with E-state index in [2.05, 4.69) is 10.4 Å². The van der Waals surface area contributed by atoms with Crippen LogP contribution in [0, 0.1) is 6.92 Å². The summed E-state index contributed by atoms with van der Waals surface area (Å²) in [7, 11) is 0. The van der Waals surface area contributed by atoms with Crippen LogP contribution in [0.5, 0.6) is 0 Å². The molecule has 0 aliphatic carbocycles. The van der Waals surface area contributed by atoms with Crippen LogP contribution in [0.4, 0.5) is 0 Å². The molecule has 1 aromatic carbocycles. The average Bonchev–Trinajstić information content (AvgIpc) is 2.83. The van der Waals surface area contributed by atoms with Gasteiger partial charge in [0.05, 0.1) is 18.8 Å². The van der Waals surface area contributed by atoms with E-state index in [4.69, 9.17) is 23.2 Å². The Morgan fingerprint density at radius 3 is 2.90 bits per heavy atom. The highest BCUT2D eigenvalue weighted by Gasteiger charge is 2.11. The Balaban J connectivity index is 1.80. The summed E-state index contributed by atoms with van der Waals surface area (Å²) < 4.78 is 1.86. The maximum absolute atomic E-state index is 10.1. The molecule has 0 aliphatic rings. The lowest BCUT2D eigenvalue weighted by molar-refractivity contribution is 0.174. The van der Waals surface area contributed by atoms with Gasteiger partial charge in [-0.2, -0.15) is 5.10 Å². The summed E-state index contributed by atoms with van der Waals surface area (Å²) in [6, 6.07) is 5.08. The maximum Gasteiger partial charge on any atom is 0.0929 e. The third kappa shape index (κ3) is 4.21. The summed E-state index contributed by atoms with van der Waals surface area (Å²) in [6.07, 6.45) is 3.12. The van der Waals surface area contributed by atoms with Crippen LogP contribution in [-0.4, -0.2) is 28.0 Å². The number of aliphatic hydroxyl groups is 1. The molecular weight excluding hydrogens is 297 g/mol. The van der Waals surface area contributed by atoms with Crippen molar-refractivity contribution >= 4 is 23.2 Å². The van der Waals surface area contributed by atoms with Gasteiger partial charge >= 0.3 is 0 Å². The number of aromatic nitrogens is 2. The first kappa shape index (κ1) is 15.3. The summed E-state index contributed by atoms with van der Waals surface area (Å²) in [5.41, 5.74) is 1.78. The van der Waals surface area contributed by atoms with Crippen molar-refractivity contribution < 1.29 is 5.11 Å². The normalized spacial score (nSPS) is 12.6. The zero-order chi connectivity index (χ0) is 14.5. The predicted molar refractivity (Wildman–Crippen MR) is 81.3 cm³/mol. The first-order valence-corrected chi connectivity index (χ1v) is 7.14. The highest BCUT2D eigenvalue weighted by molar-refractivity contribution is 6.33. The molecule has 0 amide bonds. The van der Waals surface area contributed by atoms with Gasteiger partial charge in [-0.25, -0.2) is 0 Å². The van der Waals surface area contributed by atoms with Gasteiger partial charge in [0, 0.05) is 34.9 Å². The number of nitrogens with zero attached hydrogens (tertiary/aromatic N) is 2. The van der Waals surface area contributed by atoms with E-state index in [-0.39, 0.29) is 0 Å². The molecule has 20 heavy (non-hydrogen) atoms. The first-order valence-electron chi connectivity index (χ1n) is 6.39. The second-order valence-electron chi connectivity index (χ2n) is 4.67. The third-order valence-electron chi connectivity index (χ3n) is 2.93. The van der Waals surface area contributed by atoms with Crippen molar-refractivity contribution in [3.05, 3.63) is 51.8 Å². The third-order valence-corrected chi connectivity index (χ3v) is 3.51. The fourth-order valence-corrected chi connectivity index (χ4v) is 2.33. The molecular formula is C14H17Cl2N3O. The summed E-state index contributed by atoms with van der Waals surface area (Å²) in [4.78, 5) is 0. The van der Waals surface area contributed by atoms with Gasteiger partial charge in [0.2, 0.25) is 0 Å². The molecule has 0 spiro atoms. The van der Waals surface area contributed by atoms with E-state index < -0.39 is 6.10 Å². The molecule has 0 bridgehead atoms. The first-order chi connectivity index (χ1) is 9.56. The molecule has 2 N–H and O–H groups in total. The van der Waals surface area contributed by atoms with Gasteiger partial charge in [-0.3, -0.25) is 4.68 Å². The van der Waals surface area contributed by atoms with Gasteiger partial charge in [0.1, 0.15) is 0 Å². The molecule has 1 atom stereocenters. The zero-order valence-corrected chi connectivity index (χ0v) is 12.7. The predicted octanol–water partition coefficient (Wildman–Crippen LogP) is 2.82. The second-order valence-corrected chi connectivity index (χ2v) is 5.51. The van der Waals surface area contributed by atoms with Gasteiger partial charge in [-0.15, -0.1) is 0 Å². The topological polar surface area (TPSA) is 50.1 Å². The van der Waals surface area contributed by atoms with E-state index >= 15 is 0 Å². The van der Waals surface area contributed by atoms with Crippen molar-refractivity contribution in [2.24, 2.45) is 0 Å². The number of halogens is 2. The quantitative estimate of drug-likeness (QED) is 0.806. The van der Waals surface area contributed by atoms with Crippen LogP contribution in [0.3, 0.4) is 0 Å². The molecule has 0 fully saturated rings. The Bertz CT molecular complexity index is 571. The van der Waals surface area contributed by atoms with E-state index in [1.807, 2.05) is 24.0 Å². The zero-order valence-electron chi connectivity index (χ0n) is 11.2. The molecule has 0 radical (unpaired) electrons. The van der Waals surface area contributed by atoms with E-state index in [1.165, 1.54) is 0 Å². The van der Waals surface area contributed by atoms with Crippen molar-refractivity contribution in [3.8, 4) is 0 Å². The Hall–Kier alpha value is -1.07. The van der Waals surface area contributed by atoms with Crippen LogP contribution in [0.1, 0.15) is 17.2 Å². The van der Waals surface area contributed by atoms with E-state index in [0.717, 1.165) is 18.7 Å². The van der Waals surface area contributed by atoms with Gasteiger partial charge in [-0.1, -0.05) is 23.2 Å². The van der Waals surface area contributed by atoms with E-state index in [1.54, 1.807) is 18.2 Å². The number of rotatable bonds is 6. The Morgan fingerprint density at radius 1 is 1.40 bits per heavy atom. The van der Waals surface area contributed by atoms with Crippen molar-refractivity contribution in [3.63, 3.8) is 0 Å². The Morgan fingerprint density at radius 2 is 2.20 bits per heavy atom. The number of nitrogens with one attached hydrogen (secondary N) is 1. The minimum absolute atomic E-state index is 0.417. The van der Waals surface area contributed by atoms with Crippen LogP contribution in [-0.2, 0) is 6.54 Å². The molecule has 4 nitrogen and oxygen atoms in total. The van der Waals surface area contributed by atoms with Crippen LogP contribution in [0.2, 0.25) is 10.0 Å². The fourth-order valence-electron chi connectivity index (χ4n) is 1.90. The van der Waals surface area contributed by atoms with Crippen molar-refractivity contribution in [1.82, 2.24) is 15.1 Å². The lowest BCUT2D eigenvalue weighted by atomic mass is 10.1. The summed E-state index contributed by atoms with van der Waals surface area (Å²) in [6.45, 7) is 3.89. The summed E-state index contributed by atoms with van der Waals surface area (Å²) in [5, 5.41) is 18.6. The van der Waals surface area contributed by atoms with E-state index in [0.29, 0.717) is 22.2 Å². The summed E-state index contributed by atoms with van der Waals surface area (Å²) in [5.74, 6) is 0. The molecule has 0 aliphatic heterocycles. The summed E-state index contributed by atoms with van der Waals surface area (Å²) >= 11 is 11.9. The van der Waals surface area contributed by atoms with Crippen molar-refractivity contribution in [2.45, 2.75) is 19.6 Å². The average molecular weight is 314 g/mol. The number of hydrogen-bond donors (Lipinski definition) is 2. The van der Waals surface area contributed by atoms with Gasteiger partial charge in [-0.05, 0) is 30.7 Å². The molecule has 1 heterocycles. The lowest BCUT2D eigenvalue weighted by Gasteiger charge is -2.14. The Labute approximate surface area is 128 Å². The van der Waals surface area contributed by atoms with Gasteiger partial charge in [0.25, 0.3) is 0 Å². The largest absolute Gasteiger partial charge is 0.387 e. The maximum atomic E-state index is 10.1. The molecule has 1 unspecified atom stereocenters. The fraction of sp³-hybridized carbons (Fsp3) is 0.357. The standard InChI is InChI=1S/C14H17Cl2N3O/c1-10-7-18-19(9-10)5-4-17-8-14(20)12-6-11(15)2-3-13(12)16/h2-3,6-7,9,14,17,20H,4-5,8H2,1H3. The van der Waals surface area contributed by atoms with Gasteiger partial charge < -0.3 is 10.4 Å². The van der Waals surface area contributed by atoms with Crippen LogP contribution < -0.4 is 5.32 Å². The second kappa shape index (κ2) is 7.09. The van der Waals surface area contributed by atoms with Crippen molar-refractivity contribution in [1.29, 1.82) is 0 Å². The van der Waals surface area contributed by atoms with Crippen LogP contribution in [0.25, 0.3) is 0 Å². The molecule has 6 heteroatoms. The van der Waals surface area contributed by atoms with E-state index in [9.17, 15) is 5.11 Å². The lowest BCUT2D eigenvalue weighted by Crippen LogP contribution is -2.25. The molecule has 2 rings (SSSR count). The smallest absolute Gasteiger partial charge is 0.0929 e. The van der Waals surface area contributed by atoms with Crippen LogP contribution in [0.15, 0.2) is 30.6 Å². The minimum atomic E-state index is -0.680. The van der Waals surface area contributed by atoms with Gasteiger partial charge in [0.15, 0.2) is 0 Å². The molecule has 108 valence electrons. The SMILES string of the molecule is Cc1cnn(CCNCC(O)c2cc(Cl)ccc2Cl)c1. The van der Waals surface area contributed by atoms with Crippen LogP contribution >= 0.6 is 23.2 Å². The number of hydrogen-bond acceptors (Lipinski definition) is 3. The monoisotopic (exact) mass is 313 g/mol. The minimum Gasteiger partial charge on any atom is -0.387 e. The van der Waals surface area contributed by atoms with Crippen molar-refractivity contribution in [2.75, 3.05) is 13.1 Å².